The first kappa shape index (κ1) is 19.9. The van der Waals surface area contributed by atoms with Gasteiger partial charge in [0, 0.05) is 30.4 Å². The highest BCUT2D eigenvalue weighted by atomic mass is 127. The molecule has 1 aromatic heterocycles. The molecule has 0 atom stereocenters. The molecule has 0 fully saturated rings. The largest absolute Gasteiger partial charge is 0.356 e. The van der Waals surface area contributed by atoms with Gasteiger partial charge < -0.3 is 10.6 Å². The van der Waals surface area contributed by atoms with E-state index in [2.05, 4.69) is 47.0 Å². The van der Waals surface area contributed by atoms with Gasteiger partial charge in [-0.05, 0) is 29.1 Å². The summed E-state index contributed by atoms with van der Waals surface area (Å²) in [5, 5.41) is 8.69. The summed E-state index contributed by atoms with van der Waals surface area (Å²) in [4.78, 5) is 5.57. The fourth-order valence-electron chi connectivity index (χ4n) is 2.06. The van der Waals surface area contributed by atoms with Crippen molar-refractivity contribution in [3.8, 4) is 0 Å². The van der Waals surface area contributed by atoms with Crippen molar-refractivity contribution in [3.63, 3.8) is 0 Å². The lowest BCUT2D eigenvalue weighted by atomic mass is 9.91. The molecular weight excluding hydrogens is 424 g/mol. The lowest BCUT2D eigenvalue weighted by Gasteiger charge is -2.25. The highest BCUT2D eigenvalue weighted by molar-refractivity contribution is 14.0. The summed E-state index contributed by atoms with van der Waals surface area (Å²) >= 11 is 1.76. The van der Waals surface area contributed by atoms with Crippen LogP contribution in [0.5, 0.6) is 0 Å². The van der Waals surface area contributed by atoms with E-state index in [1.807, 2.05) is 0 Å². The van der Waals surface area contributed by atoms with Crippen molar-refractivity contribution in [2.45, 2.75) is 25.8 Å². The molecule has 3 nitrogen and oxygen atoms in total. The molecule has 2 N–H and O–H groups in total. The molecule has 0 bridgehead atoms. The molecule has 0 radical (unpaired) electrons. The quantitative estimate of drug-likeness (QED) is 0.411. The SMILES string of the molecule is CN=C(NCc1ccc(F)cc1)NCC(C)(C)c1cccs1.I. The summed E-state index contributed by atoms with van der Waals surface area (Å²) in [6.07, 6.45) is 0. The molecule has 1 aromatic carbocycles. The van der Waals surface area contributed by atoms with Crippen LogP contribution >= 0.6 is 35.3 Å². The average molecular weight is 447 g/mol. The van der Waals surface area contributed by atoms with Crippen LogP contribution in [0, 0.1) is 5.82 Å². The monoisotopic (exact) mass is 447 g/mol. The molecule has 0 aliphatic heterocycles. The molecule has 2 rings (SSSR count). The average Bonchev–Trinajstić information content (AvgIpc) is 3.04. The number of hydrogen-bond donors (Lipinski definition) is 2. The number of rotatable bonds is 5. The van der Waals surface area contributed by atoms with Crippen LogP contribution in [-0.4, -0.2) is 19.6 Å². The molecule has 1 heterocycles. The second kappa shape index (κ2) is 9.22. The van der Waals surface area contributed by atoms with Crippen LogP contribution in [0.15, 0.2) is 46.8 Å². The zero-order chi connectivity index (χ0) is 16.0. The number of aliphatic imine (C=N–C) groups is 1. The van der Waals surface area contributed by atoms with Crippen molar-refractivity contribution >= 4 is 41.3 Å². The fourth-order valence-corrected chi connectivity index (χ4v) is 2.92. The van der Waals surface area contributed by atoms with Crippen molar-refractivity contribution in [2.75, 3.05) is 13.6 Å². The van der Waals surface area contributed by atoms with Gasteiger partial charge >= 0.3 is 0 Å². The Hall–Kier alpha value is -1.15. The minimum atomic E-state index is -0.219. The molecule has 0 saturated heterocycles. The van der Waals surface area contributed by atoms with Crippen molar-refractivity contribution in [1.82, 2.24) is 10.6 Å². The van der Waals surface area contributed by atoms with E-state index in [1.54, 1.807) is 30.5 Å². The van der Waals surface area contributed by atoms with E-state index in [4.69, 9.17) is 0 Å². The summed E-state index contributed by atoms with van der Waals surface area (Å²) in [6, 6.07) is 10.7. The summed E-state index contributed by atoms with van der Waals surface area (Å²) in [7, 11) is 1.75. The predicted molar refractivity (Wildman–Crippen MR) is 107 cm³/mol. The standard InChI is InChI=1S/C17H22FN3S.HI/c1-17(2,15-5-4-10-22-15)12-21-16(19-3)20-11-13-6-8-14(18)9-7-13;/h4-10H,11-12H2,1-3H3,(H2,19,20,21);1H. The minimum absolute atomic E-state index is 0. The van der Waals surface area contributed by atoms with E-state index in [-0.39, 0.29) is 35.2 Å². The summed E-state index contributed by atoms with van der Waals surface area (Å²) in [5.41, 5.74) is 1.06. The van der Waals surface area contributed by atoms with Crippen LogP contribution in [0.4, 0.5) is 4.39 Å². The highest BCUT2D eigenvalue weighted by Gasteiger charge is 2.21. The van der Waals surface area contributed by atoms with Gasteiger partial charge in [-0.3, -0.25) is 4.99 Å². The molecule has 6 heteroatoms. The third-order valence-electron chi connectivity index (χ3n) is 3.48. The molecule has 126 valence electrons. The first-order valence-corrected chi connectivity index (χ1v) is 8.12. The van der Waals surface area contributed by atoms with Gasteiger partial charge in [-0.1, -0.05) is 32.0 Å². The molecule has 0 spiro atoms. The second-order valence-electron chi connectivity index (χ2n) is 5.77. The van der Waals surface area contributed by atoms with E-state index in [1.165, 1.54) is 17.0 Å². The van der Waals surface area contributed by atoms with Gasteiger partial charge in [0.05, 0.1) is 0 Å². The van der Waals surface area contributed by atoms with Crippen LogP contribution in [0.3, 0.4) is 0 Å². The molecule has 0 amide bonds. The van der Waals surface area contributed by atoms with Gasteiger partial charge in [0.1, 0.15) is 5.82 Å². The number of nitrogens with one attached hydrogen (secondary N) is 2. The van der Waals surface area contributed by atoms with Crippen molar-refractivity contribution in [1.29, 1.82) is 0 Å². The summed E-state index contributed by atoms with van der Waals surface area (Å²) in [6.45, 7) is 5.81. The van der Waals surface area contributed by atoms with Gasteiger partial charge in [0.2, 0.25) is 0 Å². The summed E-state index contributed by atoms with van der Waals surface area (Å²) < 4.78 is 12.9. The van der Waals surface area contributed by atoms with E-state index < -0.39 is 0 Å². The maximum absolute atomic E-state index is 12.9. The third-order valence-corrected chi connectivity index (χ3v) is 4.72. The molecule has 0 saturated carbocycles. The first-order chi connectivity index (χ1) is 10.5. The van der Waals surface area contributed by atoms with Gasteiger partial charge in [0.25, 0.3) is 0 Å². The minimum Gasteiger partial charge on any atom is -0.356 e. The highest BCUT2D eigenvalue weighted by Crippen LogP contribution is 2.26. The Morgan fingerprint density at radius 3 is 2.43 bits per heavy atom. The molecular formula is C17H23FIN3S. The lowest BCUT2D eigenvalue weighted by Crippen LogP contribution is -2.42. The van der Waals surface area contributed by atoms with Crippen LogP contribution in [0.2, 0.25) is 0 Å². The van der Waals surface area contributed by atoms with E-state index in [9.17, 15) is 4.39 Å². The molecule has 2 aromatic rings. The topological polar surface area (TPSA) is 36.4 Å². The normalized spacial score (nSPS) is 11.7. The Morgan fingerprint density at radius 1 is 1.17 bits per heavy atom. The Balaban J connectivity index is 0.00000264. The van der Waals surface area contributed by atoms with Crippen LogP contribution in [0.1, 0.15) is 24.3 Å². The zero-order valence-electron chi connectivity index (χ0n) is 13.6. The number of thiophene rings is 1. The second-order valence-corrected chi connectivity index (χ2v) is 6.71. The van der Waals surface area contributed by atoms with Crippen molar-refractivity contribution < 1.29 is 4.39 Å². The van der Waals surface area contributed by atoms with E-state index >= 15 is 0 Å². The maximum atomic E-state index is 12.9. The van der Waals surface area contributed by atoms with Crippen LogP contribution in [0.25, 0.3) is 0 Å². The number of hydrogen-bond acceptors (Lipinski definition) is 2. The van der Waals surface area contributed by atoms with E-state index in [0.29, 0.717) is 6.54 Å². The molecule has 0 aliphatic carbocycles. The number of halogens is 2. The van der Waals surface area contributed by atoms with Gasteiger partial charge in [-0.2, -0.15) is 0 Å². The number of benzene rings is 1. The summed E-state index contributed by atoms with van der Waals surface area (Å²) in [5.74, 6) is 0.526. The van der Waals surface area contributed by atoms with E-state index in [0.717, 1.165) is 18.1 Å². The Morgan fingerprint density at radius 2 is 1.87 bits per heavy atom. The van der Waals surface area contributed by atoms with Crippen molar-refractivity contribution in [3.05, 3.63) is 58.0 Å². The molecule has 0 unspecified atom stereocenters. The first-order valence-electron chi connectivity index (χ1n) is 7.24. The Labute approximate surface area is 158 Å². The lowest BCUT2D eigenvalue weighted by molar-refractivity contribution is 0.518. The Kier molecular flexibility index (Phi) is 7.98. The number of nitrogens with zero attached hydrogens (tertiary/aromatic N) is 1. The smallest absolute Gasteiger partial charge is 0.191 e. The number of guanidine groups is 1. The zero-order valence-corrected chi connectivity index (χ0v) is 16.7. The van der Waals surface area contributed by atoms with Gasteiger partial charge in [-0.15, -0.1) is 35.3 Å². The predicted octanol–water partition coefficient (Wildman–Crippen LogP) is 4.15. The van der Waals surface area contributed by atoms with Gasteiger partial charge in [0.15, 0.2) is 5.96 Å². The Bertz CT molecular complexity index is 609. The van der Waals surface area contributed by atoms with Crippen molar-refractivity contribution in [2.24, 2.45) is 4.99 Å². The van der Waals surface area contributed by atoms with Gasteiger partial charge in [-0.25, -0.2) is 4.39 Å². The molecule has 23 heavy (non-hydrogen) atoms. The fraction of sp³-hybridized carbons (Fsp3) is 0.353. The van der Waals surface area contributed by atoms with Crippen LogP contribution in [-0.2, 0) is 12.0 Å². The molecule has 0 aliphatic rings. The third kappa shape index (κ3) is 6.10. The van der Waals surface area contributed by atoms with Crippen LogP contribution < -0.4 is 10.6 Å². The maximum Gasteiger partial charge on any atom is 0.191 e.